The van der Waals surface area contributed by atoms with Crippen LogP contribution in [0.5, 0.6) is 0 Å². The van der Waals surface area contributed by atoms with Gasteiger partial charge in [-0.25, -0.2) is 9.97 Å². The fourth-order valence-corrected chi connectivity index (χ4v) is 5.53. The zero-order valence-electron chi connectivity index (χ0n) is 20.5. The van der Waals surface area contributed by atoms with Crippen LogP contribution in [0, 0.1) is 0 Å². The van der Waals surface area contributed by atoms with Gasteiger partial charge in [0, 0.05) is 39.3 Å². The predicted molar refractivity (Wildman–Crippen MR) is 142 cm³/mol. The van der Waals surface area contributed by atoms with E-state index in [1.54, 1.807) is 24.4 Å². The fraction of sp³-hybridized carbons (Fsp3) is 0.200. The van der Waals surface area contributed by atoms with Crippen molar-refractivity contribution < 1.29 is 14.1 Å². The summed E-state index contributed by atoms with van der Waals surface area (Å²) in [6.45, 7) is 2.19. The number of thiophene rings is 1. The molecule has 0 radical (unpaired) electrons. The molecule has 6 heterocycles. The standard InChI is InChI=1S/C25H21N9O4S/c1-12-5-18(23(35)29-10-14-6-13-9-27-21(26)8-20(13)39-14)34-22(12)28-11-17(25(34)37)31-24(36)19-7-16(33-38-19)15-3-2-4-30-32-15/h2-4,6-9,11-12,18H,5,10H2,1H3,(H2,26,27)(H,29,35)(H,31,36)/t12-,18+/m1/s1. The van der Waals surface area contributed by atoms with E-state index in [0.29, 0.717) is 29.5 Å². The second-order valence-electron chi connectivity index (χ2n) is 9.07. The molecule has 5 aromatic rings. The van der Waals surface area contributed by atoms with Crippen molar-refractivity contribution in [3.05, 3.63) is 75.7 Å². The number of hydrogen-bond acceptors (Lipinski definition) is 11. The Morgan fingerprint density at radius 1 is 1.21 bits per heavy atom. The van der Waals surface area contributed by atoms with Crippen LogP contribution in [0.15, 0.2) is 58.2 Å². The van der Waals surface area contributed by atoms with E-state index in [9.17, 15) is 14.4 Å². The van der Waals surface area contributed by atoms with Gasteiger partial charge < -0.3 is 20.9 Å². The molecule has 14 heteroatoms. The zero-order chi connectivity index (χ0) is 27.1. The van der Waals surface area contributed by atoms with Gasteiger partial charge in [0.2, 0.25) is 11.7 Å². The highest BCUT2D eigenvalue weighted by molar-refractivity contribution is 7.19. The maximum atomic E-state index is 13.4. The third-order valence-corrected chi connectivity index (χ3v) is 7.48. The molecule has 196 valence electrons. The van der Waals surface area contributed by atoms with Gasteiger partial charge in [-0.3, -0.25) is 19.0 Å². The number of nitrogens with zero attached hydrogens (tertiary/aromatic N) is 6. The van der Waals surface area contributed by atoms with Gasteiger partial charge >= 0.3 is 0 Å². The molecule has 0 unspecified atom stereocenters. The molecule has 0 saturated heterocycles. The van der Waals surface area contributed by atoms with Gasteiger partial charge in [0.1, 0.15) is 34.8 Å². The Hall–Kier alpha value is -4.98. The minimum absolute atomic E-state index is 0.0808. The molecule has 0 saturated carbocycles. The Labute approximate surface area is 224 Å². The number of hydrogen-bond donors (Lipinski definition) is 3. The summed E-state index contributed by atoms with van der Waals surface area (Å²) in [6.07, 6.45) is 4.90. The number of amides is 2. The molecule has 6 rings (SSSR count). The summed E-state index contributed by atoms with van der Waals surface area (Å²) in [4.78, 5) is 48.8. The van der Waals surface area contributed by atoms with Crippen molar-refractivity contribution in [2.75, 3.05) is 11.1 Å². The van der Waals surface area contributed by atoms with Crippen LogP contribution in [0.25, 0.3) is 21.5 Å². The van der Waals surface area contributed by atoms with Crippen molar-refractivity contribution in [1.82, 2.24) is 35.2 Å². The van der Waals surface area contributed by atoms with E-state index in [2.05, 4.69) is 36.0 Å². The number of fused-ring (bicyclic) bond motifs is 2. The van der Waals surface area contributed by atoms with Gasteiger partial charge in [0.25, 0.3) is 11.5 Å². The lowest BCUT2D eigenvalue weighted by Crippen LogP contribution is -2.36. The summed E-state index contributed by atoms with van der Waals surface area (Å²) in [7, 11) is 0. The van der Waals surface area contributed by atoms with Gasteiger partial charge in [-0.2, -0.15) is 5.10 Å². The molecule has 5 aromatic heterocycles. The number of anilines is 2. The highest BCUT2D eigenvalue weighted by Crippen LogP contribution is 2.34. The Balaban J connectivity index is 1.19. The van der Waals surface area contributed by atoms with Gasteiger partial charge in [-0.1, -0.05) is 12.1 Å². The number of carbonyl (C=O) groups excluding carboxylic acids is 2. The first-order valence-corrected chi connectivity index (χ1v) is 12.8. The molecule has 0 aliphatic carbocycles. The van der Waals surface area contributed by atoms with E-state index >= 15 is 0 Å². The normalized spacial score (nSPS) is 16.2. The topological polar surface area (TPSA) is 184 Å². The Bertz CT molecular complexity index is 1780. The smallest absolute Gasteiger partial charge is 0.294 e. The highest BCUT2D eigenvalue weighted by Gasteiger charge is 2.36. The second-order valence-corrected chi connectivity index (χ2v) is 10.2. The summed E-state index contributed by atoms with van der Waals surface area (Å²) in [6, 6.07) is 7.71. The zero-order valence-corrected chi connectivity index (χ0v) is 21.3. The third-order valence-electron chi connectivity index (χ3n) is 6.38. The third kappa shape index (κ3) is 4.61. The number of aromatic nitrogens is 6. The first-order valence-electron chi connectivity index (χ1n) is 12.0. The van der Waals surface area contributed by atoms with Gasteiger partial charge in [0.15, 0.2) is 0 Å². The van der Waals surface area contributed by atoms with E-state index in [4.69, 9.17) is 10.3 Å². The SMILES string of the molecule is C[C@@H]1C[C@@H](C(=O)NCc2cc3cnc(N)cc3s2)n2c1ncc(NC(=O)c1cc(-c3cccnn3)no1)c2=O. The van der Waals surface area contributed by atoms with Crippen LogP contribution in [-0.4, -0.2) is 41.7 Å². The molecule has 0 fully saturated rings. The van der Waals surface area contributed by atoms with Crippen LogP contribution in [0.3, 0.4) is 0 Å². The lowest BCUT2D eigenvalue weighted by atomic mass is 10.1. The largest absolute Gasteiger partial charge is 0.384 e. The number of nitrogens with one attached hydrogen (secondary N) is 2. The molecular weight excluding hydrogens is 522 g/mol. The van der Waals surface area contributed by atoms with Crippen LogP contribution in [-0.2, 0) is 11.3 Å². The van der Waals surface area contributed by atoms with Crippen LogP contribution >= 0.6 is 11.3 Å². The summed E-state index contributed by atoms with van der Waals surface area (Å²) in [5.41, 5.74) is 5.90. The van der Waals surface area contributed by atoms with E-state index < -0.39 is 17.5 Å². The van der Waals surface area contributed by atoms with Gasteiger partial charge in [-0.05, 0) is 30.7 Å². The van der Waals surface area contributed by atoms with E-state index in [-0.39, 0.29) is 29.8 Å². The molecule has 1 aliphatic rings. The number of carbonyl (C=O) groups is 2. The van der Waals surface area contributed by atoms with E-state index in [1.807, 2.05) is 13.0 Å². The summed E-state index contributed by atoms with van der Waals surface area (Å²) < 4.78 is 7.45. The molecular formula is C25H21N9O4S. The Kier molecular flexibility index (Phi) is 6.07. The number of nitrogen functional groups attached to an aromatic ring is 1. The number of rotatable bonds is 6. The molecule has 2 amide bonds. The molecule has 0 bridgehead atoms. The first-order chi connectivity index (χ1) is 18.9. The summed E-state index contributed by atoms with van der Waals surface area (Å²) in [5, 5.41) is 17.9. The fourth-order valence-electron chi connectivity index (χ4n) is 4.51. The van der Waals surface area contributed by atoms with E-state index in [1.165, 1.54) is 34.4 Å². The Morgan fingerprint density at radius 3 is 2.90 bits per heavy atom. The van der Waals surface area contributed by atoms with Crippen molar-refractivity contribution in [3.63, 3.8) is 0 Å². The van der Waals surface area contributed by atoms with Gasteiger partial charge in [-0.15, -0.1) is 16.4 Å². The van der Waals surface area contributed by atoms with Crippen molar-refractivity contribution >= 4 is 44.7 Å². The maximum absolute atomic E-state index is 13.4. The monoisotopic (exact) mass is 543 g/mol. The first kappa shape index (κ1) is 24.4. The summed E-state index contributed by atoms with van der Waals surface area (Å²) in [5.74, 6) is -0.341. The quantitative estimate of drug-likeness (QED) is 0.287. The lowest BCUT2D eigenvalue weighted by Gasteiger charge is -2.15. The minimum Gasteiger partial charge on any atom is -0.384 e. The molecule has 0 aromatic carbocycles. The van der Waals surface area contributed by atoms with Crippen molar-refractivity contribution in [2.24, 2.45) is 0 Å². The number of nitrogens with two attached hydrogens (primary N) is 1. The van der Waals surface area contributed by atoms with Crippen molar-refractivity contribution in [3.8, 4) is 11.4 Å². The molecule has 13 nitrogen and oxygen atoms in total. The maximum Gasteiger partial charge on any atom is 0.294 e. The summed E-state index contributed by atoms with van der Waals surface area (Å²) >= 11 is 1.51. The predicted octanol–water partition coefficient (Wildman–Crippen LogP) is 2.50. The van der Waals surface area contributed by atoms with Crippen LogP contribution in [0.2, 0.25) is 0 Å². The van der Waals surface area contributed by atoms with Crippen LogP contribution in [0.1, 0.15) is 46.6 Å². The average molecular weight is 544 g/mol. The Morgan fingerprint density at radius 2 is 2.08 bits per heavy atom. The minimum atomic E-state index is -0.771. The van der Waals surface area contributed by atoms with Crippen LogP contribution < -0.4 is 21.9 Å². The van der Waals surface area contributed by atoms with Crippen LogP contribution in [0.4, 0.5) is 11.5 Å². The molecule has 4 N–H and O–H groups in total. The number of pyridine rings is 1. The average Bonchev–Trinajstić information content (AvgIpc) is 3.66. The molecule has 1 aliphatic heterocycles. The molecule has 2 atom stereocenters. The van der Waals surface area contributed by atoms with Crippen molar-refractivity contribution in [1.29, 1.82) is 0 Å². The lowest BCUT2D eigenvalue weighted by molar-refractivity contribution is -0.124. The molecule has 0 spiro atoms. The van der Waals surface area contributed by atoms with E-state index in [0.717, 1.165) is 15.0 Å². The molecule has 39 heavy (non-hydrogen) atoms. The second kappa shape index (κ2) is 9.72. The van der Waals surface area contributed by atoms with Gasteiger partial charge in [0.05, 0.1) is 12.7 Å². The highest BCUT2D eigenvalue weighted by atomic mass is 32.1. The van der Waals surface area contributed by atoms with Crippen molar-refractivity contribution in [2.45, 2.75) is 31.8 Å².